The molecule has 3 nitrogen and oxygen atoms in total. The van der Waals surface area contributed by atoms with Crippen molar-refractivity contribution in [2.24, 2.45) is 0 Å². The number of hydrogen-bond acceptors (Lipinski definition) is 3. The van der Waals surface area contributed by atoms with Gasteiger partial charge in [-0.2, -0.15) is 0 Å². The maximum absolute atomic E-state index is 13.5. The fraction of sp³-hybridized carbons (Fsp3) is 0.625. The van der Waals surface area contributed by atoms with Gasteiger partial charge in [0, 0.05) is 30.9 Å². The summed E-state index contributed by atoms with van der Waals surface area (Å²) in [7, 11) is 0. The van der Waals surface area contributed by atoms with Crippen LogP contribution in [0.15, 0.2) is 18.2 Å². The molecule has 1 aromatic carbocycles. The summed E-state index contributed by atoms with van der Waals surface area (Å²) in [4.78, 5) is 2.32. The maximum atomic E-state index is 13.5. The summed E-state index contributed by atoms with van der Waals surface area (Å²) in [5, 5.41) is 3.37. The highest BCUT2D eigenvalue weighted by Gasteiger charge is 2.25. The minimum absolute atomic E-state index is 0.178. The van der Waals surface area contributed by atoms with Crippen LogP contribution in [0.4, 0.5) is 10.1 Å². The number of benzene rings is 1. The number of anilines is 1. The van der Waals surface area contributed by atoms with Gasteiger partial charge in [0.05, 0.1) is 12.7 Å². The first-order valence-corrected chi connectivity index (χ1v) is 7.37. The van der Waals surface area contributed by atoms with Gasteiger partial charge in [-0.1, -0.05) is 13.8 Å². The number of nitrogens with zero attached hydrogens (tertiary/aromatic N) is 1. The summed E-state index contributed by atoms with van der Waals surface area (Å²) >= 11 is 0. The monoisotopic (exact) mass is 280 g/mol. The van der Waals surface area contributed by atoms with Gasteiger partial charge in [-0.05, 0) is 37.6 Å². The van der Waals surface area contributed by atoms with Crippen molar-refractivity contribution in [3.8, 4) is 0 Å². The van der Waals surface area contributed by atoms with Gasteiger partial charge in [0.15, 0.2) is 0 Å². The van der Waals surface area contributed by atoms with Crippen LogP contribution in [0.5, 0.6) is 0 Å². The lowest BCUT2D eigenvalue weighted by Gasteiger charge is -2.39. The number of rotatable bonds is 4. The summed E-state index contributed by atoms with van der Waals surface area (Å²) in [5.41, 5.74) is 2.13. The van der Waals surface area contributed by atoms with E-state index in [-0.39, 0.29) is 11.9 Å². The zero-order valence-electron chi connectivity index (χ0n) is 12.8. The Morgan fingerprint density at radius 2 is 2.15 bits per heavy atom. The Balaban J connectivity index is 2.24. The Hall–Kier alpha value is -1.13. The lowest BCUT2D eigenvalue weighted by molar-refractivity contribution is 0.0343. The second-order valence-corrected chi connectivity index (χ2v) is 5.95. The van der Waals surface area contributed by atoms with Gasteiger partial charge in [-0.3, -0.25) is 0 Å². The molecule has 4 heteroatoms. The highest BCUT2D eigenvalue weighted by Crippen LogP contribution is 2.26. The molecule has 1 aromatic rings. The zero-order chi connectivity index (χ0) is 14.7. The molecule has 0 saturated carbocycles. The van der Waals surface area contributed by atoms with E-state index < -0.39 is 0 Å². The van der Waals surface area contributed by atoms with Crippen LogP contribution in [0.1, 0.15) is 33.3 Å². The number of halogens is 1. The first-order chi connectivity index (χ1) is 9.47. The predicted octanol–water partition coefficient (Wildman–Crippen LogP) is 2.94. The van der Waals surface area contributed by atoms with Crippen molar-refractivity contribution in [2.75, 3.05) is 18.1 Å². The molecule has 0 bridgehead atoms. The van der Waals surface area contributed by atoms with Gasteiger partial charge in [0.2, 0.25) is 0 Å². The van der Waals surface area contributed by atoms with Crippen LogP contribution in [0.2, 0.25) is 0 Å². The Labute approximate surface area is 121 Å². The van der Waals surface area contributed by atoms with Crippen LogP contribution in [-0.2, 0) is 11.3 Å². The molecule has 1 heterocycles. The molecule has 0 aliphatic carbocycles. The van der Waals surface area contributed by atoms with E-state index >= 15 is 0 Å². The van der Waals surface area contributed by atoms with Gasteiger partial charge < -0.3 is 15.0 Å². The third-order valence-electron chi connectivity index (χ3n) is 3.66. The molecule has 0 spiro atoms. The first kappa shape index (κ1) is 15.3. The Kier molecular flexibility index (Phi) is 5.00. The minimum Gasteiger partial charge on any atom is -0.375 e. The van der Waals surface area contributed by atoms with Crippen molar-refractivity contribution in [1.82, 2.24) is 5.32 Å². The summed E-state index contributed by atoms with van der Waals surface area (Å²) in [6, 6.07) is 5.77. The molecule has 20 heavy (non-hydrogen) atoms. The van der Waals surface area contributed by atoms with Crippen LogP contribution >= 0.6 is 0 Å². The van der Waals surface area contributed by atoms with E-state index in [2.05, 4.69) is 37.9 Å². The quantitative estimate of drug-likeness (QED) is 0.917. The average molecular weight is 280 g/mol. The Bertz CT molecular complexity index is 450. The number of morpholine rings is 1. The number of ether oxygens (including phenoxy) is 1. The van der Waals surface area contributed by atoms with Crippen molar-refractivity contribution in [3.63, 3.8) is 0 Å². The van der Waals surface area contributed by atoms with E-state index in [1.807, 2.05) is 6.07 Å². The topological polar surface area (TPSA) is 24.5 Å². The van der Waals surface area contributed by atoms with Gasteiger partial charge in [0.1, 0.15) is 5.82 Å². The van der Waals surface area contributed by atoms with E-state index in [9.17, 15) is 4.39 Å². The second kappa shape index (κ2) is 6.55. The van der Waals surface area contributed by atoms with Crippen molar-refractivity contribution >= 4 is 5.69 Å². The molecular formula is C16H25FN2O. The van der Waals surface area contributed by atoms with Crippen LogP contribution in [0.3, 0.4) is 0 Å². The van der Waals surface area contributed by atoms with E-state index in [0.29, 0.717) is 18.6 Å². The molecule has 1 saturated heterocycles. The summed E-state index contributed by atoms with van der Waals surface area (Å²) in [5.74, 6) is -0.178. The molecule has 0 amide bonds. The molecule has 1 fully saturated rings. The number of hydrogen-bond donors (Lipinski definition) is 1. The predicted molar refractivity (Wildman–Crippen MR) is 80.6 cm³/mol. The average Bonchev–Trinajstić information content (AvgIpc) is 2.39. The van der Waals surface area contributed by atoms with Crippen LogP contribution in [0.25, 0.3) is 0 Å². The molecule has 1 N–H and O–H groups in total. The normalized spacial score (nSPS) is 23.4. The smallest absolute Gasteiger partial charge is 0.123 e. The van der Waals surface area contributed by atoms with E-state index in [1.165, 1.54) is 0 Å². The largest absolute Gasteiger partial charge is 0.375 e. The summed E-state index contributed by atoms with van der Waals surface area (Å²) in [6.07, 6.45) is 0.210. The van der Waals surface area contributed by atoms with Gasteiger partial charge in [-0.15, -0.1) is 0 Å². The van der Waals surface area contributed by atoms with E-state index in [0.717, 1.165) is 24.4 Å². The van der Waals surface area contributed by atoms with Crippen molar-refractivity contribution in [1.29, 1.82) is 0 Å². The second-order valence-electron chi connectivity index (χ2n) is 5.95. The molecule has 1 aliphatic rings. The summed E-state index contributed by atoms with van der Waals surface area (Å²) < 4.78 is 19.2. The van der Waals surface area contributed by atoms with Crippen LogP contribution in [-0.4, -0.2) is 31.3 Å². The first-order valence-electron chi connectivity index (χ1n) is 7.37. The highest BCUT2D eigenvalue weighted by molar-refractivity contribution is 5.55. The van der Waals surface area contributed by atoms with Crippen molar-refractivity contribution in [3.05, 3.63) is 29.6 Å². The molecule has 1 aliphatic heterocycles. The highest BCUT2D eigenvalue weighted by atomic mass is 19.1. The molecule has 2 unspecified atom stereocenters. The van der Waals surface area contributed by atoms with Crippen LogP contribution in [0, 0.1) is 5.82 Å². The fourth-order valence-corrected chi connectivity index (χ4v) is 2.53. The SMILES string of the molecule is CC(C)NCc1cc(F)ccc1N1CC(C)OCC1C. The molecule has 2 rings (SSSR count). The third-order valence-corrected chi connectivity index (χ3v) is 3.66. The molecular weight excluding hydrogens is 255 g/mol. The van der Waals surface area contributed by atoms with Gasteiger partial charge >= 0.3 is 0 Å². The molecule has 2 atom stereocenters. The lowest BCUT2D eigenvalue weighted by Crippen LogP contribution is -2.48. The Morgan fingerprint density at radius 1 is 1.40 bits per heavy atom. The van der Waals surface area contributed by atoms with Gasteiger partial charge in [-0.25, -0.2) is 4.39 Å². The van der Waals surface area contributed by atoms with E-state index in [1.54, 1.807) is 12.1 Å². The molecule has 0 aromatic heterocycles. The molecule has 0 radical (unpaired) electrons. The minimum atomic E-state index is -0.178. The van der Waals surface area contributed by atoms with Crippen LogP contribution < -0.4 is 10.2 Å². The van der Waals surface area contributed by atoms with Crippen molar-refractivity contribution in [2.45, 2.75) is 52.4 Å². The maximum Gasteiger partial charge on any atom is 0.123 e. The molecule has 112 valence electrons. The van der Waals surface area contributed by atoms with Gasteiger partial charge in [0.25, 0.3) is 0 Å². The Morgan fingerprint density at radius 3 is 2.85 bits per heavy atom. The standard InChI is InChI=1S/C16H25FN2O/c1-11(2)18-8-14-7-15(17)5-6-16(14)19-9-13(4)20-10-12(19)3/h5-7,11-13,18H,8-10H2,1-4H3. The number of nitrogens with one attached hydrogen (secondary N) is 1. The zero-order valence-corrected chi connectivity index (χ0v) is 12.8. The van der Waals surface area contributed by atoms with Crippen molar-refractivity contribution < 1.29 is 9.13 Å². The fourth-order valence-electron chi connectivity index (χ4n) is 2.53. The third kappa shape index (κ3) is 3.70. The summed E-state index contributed by atoms with van der Waals surface area (Å²) in [6.45, 7) is 10.7. The van der Waals surface area contributed by atoms with E-state index in [4.69, 9.17) is 4.74 Å². The lowest BCUT2D eigenvalue weighted by atomic mass is 10.1.